The van der Waals surface area contributed by atoms with Crippen LogP contribution in [0.15, 0.2) is 48.5 Å². The number of anilines is 2. The number of benzene rings is 2. The Morgan fingerprint density at radius 3 is 2.64 bits per heavy atom. The molecule has 0 spiro atoms. The molecular formula is C25H29Cl2N5O4. The third-order valence-corrected chi connectivity index (χ3v) is 6.07. The Morgan fingerprint density at radius 2 is 1.89 bits per heavy atom. The van der Waals surface area contributed by atoms with Gasteiger partial charge in [0.05, 0.1) is 46.2 Å². The van der Waals surface area contributed by atoms with Gasteiger partial charge in [0.25, 0.3) is 0 Å². The summed E-state index contributed by atoms with van der Waals surface area (Å²) in [7, 11) is 0. The molecule has 5 N–H and O–H groups in total. The highest BCUT2D eigenvalue weighted by molar-refractivity contribution is 6.44. The molecule has 0 saturated carbocycles. The highest BCUT2D eigenvalue weighted by Gasteiger charge is 2.15. The van der Waals surface area contributed by atoms with Crippen LogP contribution in [0.1, 0.15) is 31.0 Å². The van der Waals surface area contributed by atoms with E-state index in [0.717, 1.165) is 30.5 Å². The zero-order valence-electron chi connectivity index (χ0n) is 19.8. The Bertz CT molecular complexity index is 1200. The van der Waals surface area contributed by atoms with Crippen LogP contribution in [0.25, 0.3) is 5.69 Å². The summed E-state index contributed by atoms with van der Waals surface area (Å²) in [5.74, 6) is 0.157. The first-order valence-corrected chi connectivity index (χ1v) is 12.3. The van der Waals surface area contributed by atoms with Crippen molar-refractivity contribution in [3.05, 3.63) is 69.8 Å². The van der Waals surface area contributed by atoms with E-state index >= 15 is 0 Å². The third kappa shape index (κ3) is 7.69. The largest absolute Gasteiger partial charge is 0.394 e. The van der Waals surface area contributed by atoms with Crippen molar-refractivity contribution < 1.29 is 19.8 Å². The topological polar surface area (TPSA) is 129 Å². The van der Waals surface area contributed by atoms with Crippen molar-refractivity contribution in [1.82, 2.24) is 15.1 Å². The highest BCUT2D eigenvalue weighted by atomic mass is 35.5. The number of aliphatic hydroxyl groups excluding tert-OH is 2. The van der Waals surface area contributed by atoms with Crippen LogP contribution >= 0.6 is 23.2 Å². The number of nitrogens with zero attached hydrogens (tertiary/aromatic N) is 2. The molecule has 3 aromatic rings. The number of carbonyl (C=O) groups excluding carboxylic acids is 2. The molecule has 1 unspecified atom stereocenters. The van der Waals surface area contributed by atoms with Gasteiger partial charge in [0.2, 0.25) is 5.91 Å². The number of aryl methyl sites for hydroxylation is 1. The van der Waals surface area contributed by atoms with Crippen molar-refractivity contribution in [3.63, 3.8) is 0 Å². The Balaban J connectivity index is 1.80. The quantitative estimate of drug-likeness (QED) is 0.252. The van der Waals surface area contributed by atoms with Crippen LogP contribution in [0.3, 0.4) is 0 Å². The van der Waals surface area contributed by atoms with Gasteiger partial charge < -0.3 is 20.8 Å². The molecule has 36 heavy (non-hydrogen) atoms. The van der Waals surface area contributed by atoms with Gasteiger partial charge in [-0.2, -0.15) is 5.10 Å². The molecule has 3 amide bonds. The molecule has 0 aliphatic carbocycles. The summed E-state index contributed by atoms with van der Waals surface area (Å²) in [5, 5.41) is 31.6. The Labute approximate surface area is 219 Å². The van der Waals surface area contributed by atoms with Crippen molar-refractivity contribution in [3.8, 4) is 5.69 Å². The van der Waals surface area contributed by atoms with Gasteiger partial charge >= 0.3 is 6.03 Å². The van der Waals surface area contributed by atoms with E-state index in [1.807, 2.05) is 12.1 Å². The van der Waals surface area contributed by atoms with Gasteiger partial charge in [0, 0.05) is 12.6 Å². The van der Waals surface area contributed by atoms with Crippen LogP contribution < -0.4 is 16.0 Å². The highest BCUT2D eigenvalue weighted by Crippen LogP contribution is 2.29. The van der Waals surface area contributed by atoms with E-state index in [2.05, 4.69) is 28.0 Å². The number of carbonyl (C=O) groups is 2. The molecule has 3 rings (SSSR count). The van der Waals surface area contributed by atoms with Crippen LogP contribution in [-0.2, 0) is 17.6 Å². The van der Waals surface area contributed by atoms with Crippen LogP contribution in [0, 0.1) is 0 Å². The van der Waals surface area contributed by atoms with Crippen molar-refractivity contribution in [2.75, 3.05) is 23.8 Å². The van der Waals surface area contributed by atoms with Gasteiger partial charge in [-0.3, -0.25) is 10.1 Å². The number of halogens is 2. The summed E-state index contributed by atoms with van der Waals surface area (Å²) >= 11 is 12.2. The fourth-order valence-electron chi connectivity index (χ4n) is 3.41. The number of aliphatic hydroxyl groups is 2. The first kappa shape index (κ1) is 27.5. The van der Waals surface area contributed by atoms with E-state index in [4.69, 9.17) is 28.3 Å². The molecule has 1 aromatic heterocycles. The number of hydrogen-bond donors (Lipinski definition) is 5. The molecular weight excluding hydrogens is 505 g/mol. The number of urea groups is 1. The van der Waals surface area contributed by atoms with Crippen LogP contribution in [-0.4, -0.2) is 51.2 Å². The molecule has 0 fully saturated rings. The van der Waals surface area contributed by atoms with Gasteiger partial charge in [-0.15, -0.1) is 0 Å². The summed E-state index contributed by atoms with van der Waals surface area (Å²) < 4.78 is 1.61. The van der Waals surface area contributed by atoms with Gasteiger partial charge in [0.15, 0.2) is 0 Å². The minimum absolute atomic E-state index is 0.0329. The maximum atomic E-state index is 12.8. The SMILES string of the molecule is CCCCc1cc(NC(=O)Nc2cccc(Cl)c2Cl)n(-c2cccc(CC(=O)NCC(O)CO)c2)n1. The van der Waals surface area contributed by atoms with Crippen molar-refractivity contribution >= 4 is 46.6 Å². The van der Waals surface area contributed by atoms with Crippen molar-refractivity contribution in [2.45, 2.75) is 38.7 Å². The smallest absolute Gasteiger partial charge is 0.324 e. The monoisotopic (exact) mass is 533 g/mol. The lowest BCUT2D eigenvalue weighted by atomic mass is 10.1. The second kappa shape index (κ2) is 13.3. The summed E-state index contributed by atoms with van der Waals surface area (Å²) in [6, 6.07) is 13.5. The fourth-order valence-corrected chi connectivity index (χ4v) is 3.76. The average Bonchev–Trinajstić information content (AvgIpc) is 3.26. The lowest BCUT2D eigenvalue weighted by molar-refractivity contribution is -0.121. The van der Waals surface area contributed by atoms with E-state index in [1.54, 1.807) is 41.1 Å². The predicted molar refractivity (Wildman–Crippen MR) is 141 cm³/mol. The van der Waals surface area contributed by atoms with E-state index in [-0.39, 0.29) is 23.9 Å². The second-order valence-corrected chi connectivity index (χ2v) is 8.99. The zero-order valence-corrected chi connectivity index (χ0v) is 21.3. The molecule has 0 radical (unpaired) electrons. The summed E-state index contributed by atoms with van der Waals surface area (Å²) in [6.07, 6.45) is 1.76. The number of hydrogen-bond acceptors (Lipinski definition) is 5. The average molecular weight is 534 g/mol. The van der Waals surface area contributed by atoms with E-state index in [0.29, 0.717) is 22.2 Å². The molecule has 1 heterocycles. The van der Waals surface area contributed by atoms with Crippen molar-refractivity contribution in [2.24, 2.45) is 0 Å². The first-order chi connectivity index (χ1) is 17.3. The standard InChI is InChI=1S/C25H29Cl2N5O4/c1-2-3-7-17-13-22(30-25(36)29-21-10-5-9-20(26)24(21)27)32(31-17)18-8-4-6-16(11-18)12-23(35)28-14-19(34)15-33/h4-6,8-11,13,19,33-34H,2-3,7,12,14-15H2,1H3,(H,28,35)(H2,29,30,36). The maximum absolute atomic E-state index is 12.8. The van der Waals surface area contributed by atoms with Gasteiger partial charge in [-0.25, -0.2) is 9.48 Å². The Hall–Kier alpha value is -3.11. The number of amides is 3. The zero-order chi connectivity index (χ0) is 26.1. The fraction of sp³-hybridized carbons (Fsp3) is 0.320. The lowest BCUT2D eigenvalue weighted by Crippen LogP contribution is -2.34. The van der Waals surface area contributed by atoms with Crippen LogP contribution in [0.2, 0.25) is 10.0 Å². The van der Waals surface area contributed by atoms with E-state index in [1.165, 1.54) is 0 Å². The predicted octanol–water partition coefficient (Wildman–Crippen LogP) is 4.18. The summed E-state index contributed by atoms with van der Waals surface area (Å²) in [4.78, 5) is 25.0. The number of nitrogens with one attached hydrogen (secondary N) is 3. The number of rotatable bonds is 11. The molecule has 1 atom stereocenters. The normalized spacial score (nSPS) is 11.7. The van der Waals surface area contributed by atoms with Gasteiger partial charge in [-0.1, -0.05) is 54.7 Å². The number of unbranched alkanes of at least 4 members (excludes halogenated alkanes) is 1. The first-order valence-electron chi connectivity index (χ1n) is 11.6. The lowest BCUT2D eigenvalue weighted by Gasteiger charge is -2.12. The Kier molecular flexibility index (Phi) is 10.1. The van der Waals surface area contributed by atoms with E-state index < -0.39 is 18.7 Å². The van der Waals surface area contributed by atoms with E-state index in [9.17, 15) is 14.7 Å². The van der Waals surface area contributed by atoms with Gasteiger partial charge in [-0.05, 0) is 42.7 Å². The van der Waals surface area contributed by atoms with Crippen LogP contribution in [0.5, 0.6) is 0 Å². The molecule has 0 aliphatic rings. The van der Waals surface area contributed by atoms with Crippen molar-refractivity contribution in [1.29, 1.82) is 0 Å². The molecule has 192 valence electrons. The minimum Gasteiger partial charge on any atom is -0.394 e. The second-order valence-electron chi connectivity index (χ2n) is 8.20. The maximum Gasteiger partial charge on any atom is 0.324 e. The third-order valence-electron chi connectivity index (χ3n) is 5.25. The summed E-state index contributed by atoms with van der Waals surface area (Å²) in [6.45, 7) is 1.63. The molecule has 0 aliphatic heterocycles. The van der Waals surface area contributed by atoms with Gasteiger partial charge in [0.1, 0.15) is 5.82 Å². The van der Waals surface area contributed by atoms with Crippen LogP contribution in [0.4, 0.5) is 16.3 Å². The molecule has 0 bridgehead atoms. The molecule has 11 heteroatoms. The molecule has 0 saturated heterocycles. The molecule has 2 aromatic carbocycles. The summed E-state index contributed by atoms with van der Waals surface area (Å²) in [5.41, 5.74) is 2.57. The Morgan fingerprint density at radius 1 is 1.11 bits per heavy atom. The molecule has 9 nitrogen and oxygen atoms in total. The number of aromatic nitrogens is 2. The minimum atomic E-state index is -1.01.